The fourth-order valence-corrected chi connectivity index (χ4v) is 5.49. The van der Waals surface area contributed by atoms with E-state index >= 15 is 0 Å². The van der Waals surface area contributed by atoms with Crippen molar-refractivity contribution in [3.05, 3.63) is 61.3 Å². The smallest absolute Gasteiger partial charge is 0.250 e. The Morgan fingerprint density at radius 3 is 2.59 bits per heavy atom. The molecule has 0 amide bonds. The second kappa shape index (κ2) is 8.32. The third-order valence-corrected chi connectivity index (χ3v) is 8.13. The maximum Gasteiger partial charge on any atom is 0.250 e. The molecule has 7 nitrogen and oxygen atoms in total. The number of anilines is 1. The van der Waals surface area contributed by atoms with Crippen LogP contribution in [0.3, 0.4) is 0 Å². The Bertz CT molecular complexity index is 1080. The summed E-state index contributed by atoms with van der Waals surface area (Å²) < 4.78 is 43.7. The van der Waals surface area contributed by atoms with Crippen molar-refractivity contribution in [2.45, 2.75) is 36.5 Å². The van der Waals surface area contributed by atoms with Crippen LogP contribution >= 0.6 is 22.6 Å². The van der Waals surface area contributed by atoms with Gasteiger partial charge in [0, 0.05) is 28.8 Å². The molecule has 0 spiro atoms. The minimum Gasteiger partial charge on any atom is -0.394 e. The molecule has 1 fully saturated rings. The number of rotatable bonds is 8. The molecule has 1 aliphatic carbocycles. The highest BCUT2D eigenvalue weighted by atomic mass is 127. The van der Waals surface area contributed by atoms with Crippen LogP contribution in [0.25, 0.3) is 0 Å². The second-order valence-corrected chi connectivity index (χ2v) is 10.7. The molecular formula is C19H22FIN2O5S. The molecule has 10 heteroatoms. The van der Waals surface area contributed by atoms with Crippen LogP contribution in [0.4, 0.5) is 10.1 Å². The first-order valence-electron chi connectivity index (χ1n) is 9.03. The molecule has 158 valence electrons. The highest BCUT2D eigenvalue weighted by molar-refractivity contribution is 14.1. The number of aliphatic hydroxyl groups is 2. The van der Waals surface area contributed by atoms with E-state index in [2.05, 4.69) is 4.72 Å². The van der Waals surface area contributed by atoms with Crippen LogP contribution in [0.15, 0.2) is 35.1 Å². The Kier molecular flexibility index (Phi) is 6.37. The lowest BCUT2D eigenvalue weighted by atomic mass is 10.1. The lowest BCUT2D eigenvalue weighted by molar-refractivity contribution is 0.0858. The van der Waals surface area contributed by atoms with E-state index in [1.165, 1.54) is 29.8 Å². The van der Waals surface area contributed by atoms with Gasteiger partial charge >= 0.3 is 0 Å². The molecular weight excluding hydrogens is 514 g/mol. The van der Waals surface area contributed by atoms with Crippen LogP contribution in [0.2, 0.25) is 0 Å². The summed E-state index contributed by atoms with van der Waals surface area (Å²) in [5.74, 6) is -0.438. The molecule has 1 aliphatic rings. The first-order valence-corrected chi connectivity index (χ1v) is 11.6. The van der Waals surface area contributed by atoms with E-state index in [1.807, 2.05) is 22.6 Å². The summed E-state index contributed by atoms with van der Waals surface area (Å²) in [6, 6.07) is 7.33. The van der Waals surface area contributed by atoms with Crippen LogP contribution in [0, 0.1) is 9.39 Å². The topological polar surface area (TPSA) is 109 Å². The molecule has 0 bridgehead atoms. The van der Waals surface area contributed by atoms with Crippen LogP contribution in [0.5, 0.6) is 0 Å². The molecule has 1 aromatic heterocycles. The molecule has 1 aromatic carbocycles. The Morgan fingerprint density at radius 1 is 1.31 bits per heavy atom. The molecule has 29 heavy (non-hydrogen) atoms. The van der Waals surface area contributed by atoms with Gasteiger partial charge in [-0.25, -0.2) is 12.8 Å². The molecule has 0 aliphatic heterocycles. The molecule has 3 rings (SSSR count). The van der Waals surface area contributed by atoms with E-state index in [9.17, 15) is 22.7 Å². The summed E-state index contributed by atoms with van der Waals surface area (Å²) in [5.41, 5.74) is 0.518. The Morgan fingerprint density at radius 2 is 2.00 bits per heavy atom. The maximum atomic E-state index is 14.3. The van der Waals surface area contributed by atoms with E-state index in [1.54, 1.807) is 12.1 Å². The van der Waals surface area contributed by atoms with Gasteiger partial charge in [-0.2, -0.15) is 0 Å². The molecule has 0 saturated heterocycles. The van der Waals surface area contributed by atoms with Gasteiger partial charge in [0.05, 0.1) is 23.1 Å². The lowest BCUT2D eigenvalue weighted by Gasteiger charge is -2.22. The number of benzene rings is 1. The van der Waals surface area contributed by atoms with Gasteiger partial charge in [-0.1, -0.05) is 6.07 Å². The normalized spacial score (nSPS) is 16.4. The summed E-state index contributed by atoms with van der Waals surface area (Å²) in [5, 5.41) is 18.8. The quantitative estimate of drug-likeness (QED) is 0.446. The van der Waals surface area contributed by atoms with E-state index in [0.717, 1.165) is 3.57 Å². The summed E-state index contributed by atoms with van der Waals surface area (Å²) >= 11 is 1.99. The zero-order valence-electron chi connectivity index (χ0n) is 15.7. The van der Waals surface area contributed by atoms with Crippen molar-refractivity contribution in [1.29, 1.82) is 0 Å². The van der Waals surface area contributed by atoms with Gasteiger partial charge in [-0.15, -0.1) is 0 Å². The van der Waals surface area contributed by atoms with Gasteiger partial charge in [0.1, 0.15) is 5.82 Å². The van der Waals surface area contributed by atoms with E-state index < -0.39 is 33.3 Å². The van der Waals surface area contributed by atoms with Crippen LogP contribution in [0.1, 0.15) is 30.5 Å². The number of pyridine rings is 1. The monoisotopic (exact) mass is 536 g/mol. The summed E-state index contributed by atoms with van der Waals surface area (Å²) in [4.78, 5) is 12.1. The molecule has 1 atom stereocenters. The lowest BCUT2D eigenvalue weighted by Crippen LogP contribution is -2.35. The molecule has 0 radical (unpaired) electrons. The number of nitrogens with one attached hydrogen (secondary N) is 1. The number of hydrogen-bond acceptors (Lipinski definition) is 5. The Balaban J connectivity index is 1.96. The van der Waals surface area contributed by atoms with Crippen LogP contribution in [-0.4, -0.2) is 40.7 Å². The predicted octanol–water partition coefficient (Wildman–Crippen LogP) is 1.74. The third kappa shape index (κ3) is 4.65. The van der Waals surface area contributed by atoms with Crippen molar-refractivity contribution in [3.8, 4) is 0 Å². The van der Waals surface area contributed by atoms with Crippen LogP contribution in [-0.2, 0) is 23.5 Å². The fraction of sp³-hybridized carbons (Fsp3) is 0.421. The number of aliphatic hydroxyl groups excluding tert-OH is 2. The first-order chi connectivity index (χ1) is 13.6. The van der Waals surface area contributed by atoms with E-state index in [4.69, 9.17) is 5.11 Å². The fourth-order valence-electron chi connectivity index (χ4n) is 3.30. The highest BCUT2D eigenvalue weighted by Crippen LogP contribution is 2.48. The summed E-state index contributed by atoms with van der Waals surface area (Å²) in [7, 11) is -2.40. The minimum absolute atomic E-state index is 0.0272. The number of halogens is 2. The van der Waals surface area contributed by atoms with Crippen LogP contribution < -0.4 is 10.3 Å². The standard InChI is InChI=1S/C19H22FIN2O5S/c1-23-17(8-12-2-3-13(21)9-15(12)20)16(4-5-18(23)26)22-29(27,28)19(6-7-19)10-14(25)11-24/h2-5,9,14,22,24-25H,6-8,10-11H2,1H3/t14-/m1/s1. The third-order valence-electron chi connectivity index (χ3n) is 5.25. The van der Waals surface area contributed by atoms with Crippen molar-refractivity contribution in [2.75, 3.05) is 11.3 Å². The zero-order chi connectivity index (χ0) is 21.4. The van der Waals surface area contributed by atoms with Gasteiger partial charge in [0.15, 0.2) is 0 Å². The van der Waals surface area contributed by atoms with E-state index in [-0.39, 0.29) is 24.1 Å². The summed E-state index contributed by atoms with van der Waals surface area (Å²) in [6.07, 6.45) is -0.446. The highest BCUT2D eigenvalue weighted by Gasteiger charge is 2.55. The zero-order valence-corrected chi connectivity index (χ0v) is 18.7. The van der Waals surface area contributed by atoms with Crippen molar-refractivity contribution in [3.63, 3.8) is 0 Å². The Hall–Kier alpha value is -1.50. The number of aromatic nitrogens is 1. The average Bonchev–Trinajstić information content (AvgIpc) is 3.44. The van der Waals surface area contributed by atoms with Crippen molar-refractivity contribution in [2.24, 2.45) is 7.05 Å². The minimum atomic E-state index is -3.90. The van der Waals surface area contributed by atoms with E-state index in [0.29, 0.717) is 24.1 Å². The Labute approximate surface area is 181 Å². The van der Waals surface area contributed by atoms with Gasteiger partial charge in [0.25, 0.3) is 5.56 Å². The maximum absolute atomic E-state index is 14.3. The molecule has 1 heterocycles. The molecule has 0 unspecified atom stereocenters. The molecule has 1 saturated carbocycles. The van der Waals surface area contributed by atoms with Crippen molar-refractivity contribution < 1.29 is 23.0 Å². The first kappa shape index (κ1) is 22.2. The summed E-state index contributed by atoms with van der Waals surface area (Å²) in [6.45, 7) is -0.519. The average molecular weight is 536 g/mol. The second-order valence-electron chi connectivity index (χ2n) is 7.33. The van der Waals surface area contributed by atoms with Gasteiger partial charge < -0.3 is 14.8 Å². The van der Waals surface area contributed by atoms with Crippen molar-refractivity contribution in [1.82, 2.24) is 4.57 Å². The van der Waals surface area contributed by atoms with Gasteiger partial charge in [0.2, 0.25) is 10.0 Å². The number of hydrogen-bond donors (Lipinski definition) is 3. The predicted molar refractivity (Wildman–Crippen MR) is 116 cm³/mol. The number of sulfonamides is 1. The van der Waals surface area contributed by atoms with Gasteiger partial charge in [-0.3, -0.25) is 9.52 Å². The largest absolute Gasteiger partial charge is 0.394 e. The number of nitrogens with zero attached hydrogens (tertiary/aromatic N) is 1. The SMILES string of the molecule is Cn1c(Cc2ccc(I)cc2F)c(NS(=O)(=O)C2(C[C@@H](O)CO)CC2)ccc1=O. The van der Waals surface area contributed by atoms with Gasteiger partial charge in [-0.05, 0) is 65.6 Å². The van der Waals surface area contributed by atoms with Crippen molar-refractivity contribution >= 4 is 38.3 Å². The molecule has 3 N–H and O–H groups in total. The molecule has 2 aromatic rings.